The van der Waals surface area contributed by atoms with Crippen molar-refractivity contribution in [1.29, 1.82) is 0 Å². The molecule has 0 spiro atoms. The van der Waals surface area contributed by atoms with E-state index in [9.17, 15) is 14.9 Å². The van der Waals surface area contributed by atoms with Crippen molar-refractivity contribution >= 4 is 5.97 Å². The number of hydrogen-bond donors (Lipinski definition) is 1. The number of benzene rings is 1. The highest BCUT2D eigenvalue weighted by Crippen LogP contribution is 2.53. The first kappa shape index (κ1) is 9.64. The van der Waals surface area contributed by atoms with E-state index in [-0.39, 0.29) is 6.42 Å². The molecule has 1 N–H and O–H groups in total. The SMILES string of the molecule is O=C(O)[C@]1([N+](=O)[O-])C[C@@H]1c1ccccc1. The first-order valence-electron chi connectivity index (χ1n) is 4.52. The summed E-state index contributed by atoms with van der Waals surface area (Å²) < 4.78 is 0. The van der Waals surface area contributed by atoms with E-state index < -0.39 is 22.3 Å². The predicted molar refractivity (Wildman–Crippen MR) is 51.2 cm³/mol. The molecule has 0 heterocycles. The monoisotopic (exact) mass is 207 g/mol. The van der Waals surface area contributed by atoms with Gasteiger partial charge in [-0.3, -0.25) is 10.1 Å². The van der Waals surface area contributed by atoms with Crippen molar-refractivity contribution in [3.8, 4) is 0 Å². The van der Waals surface area contributed by atoms with Crippen molar-refractivity contribution in [1.82, 2.24) is 0 Å². The second-order valence-corrected chi connectivity index (χ2v) is 3.65. The lowest BCUT2D eigenvalue weighted by atomic mass is 10.1. The van der Waals surface area contributed by atoms with Gasteiger partial charge in [-0.15, -0.1) is 0 Å². The van der Waals surface area contributed by atoms with Gasteiger partial charge in [-0.05, 0) is 5.56 Å². The minimum atomic E-state index is -1.79. The first-order valence-corrected chi connectivity index (χ1v) is 4.52. The molecule has 5 nitrogen and oxygen atoms in total. The molecule has 5 heteroatoms. The van der Waals surface area contributed by atoms with Crippen LogP contribution >= 0.6 is 0 Å². The lowest BCUT2D eigenvalue weighted by Crippen LogP contribution is -2.33. The van der Waals surface area contributed by atoms with Crippen LogP contribution in [0, 0.1) is 10.1 Å². The molecule has 2 rings (SSSR count). The third-order valence-corrected chi connectivity index (χ3v) is 2.83. The van der Waals surface area contributed by atoms with Gasteiger partial charge in [-0.1, -0.05) is 30.3 Å². The van der Waals surface area contributed by atoms with Crippen LogP contribution in [0.2, 0.25) is 0 Å². The highest BCUT2D eigenvalue weighted by molar-refractivity contribution is 5.83. The summed E-state index contributed by atoms with van der Waals surface area (Å²) in [6.07, 6.45) is 0.0827. The topological polar surface area (TPSA) is 80.4 Å². The molecule has 0 radical (unpaired) electrons. The molecule has 0 bridgehead atoms. The number of carbonyl (C=O) groups is 1. The molecule has 1 saturated carbocycles. The summed E-state index contributed by atoms with van der Waals surface area (Å²) in [5.41, 5.74) is -1.07. The van der Waals surface area contributed by atoms with E-state index in [2.05, 4.69) is 0 Å². The predicted octanol–water partition coefficient (Wildman–Crippen LogP) is 1.27. The third-order valence-electron chi connectivity index (χ3n) is 2.83. The lowest BCUT2D eigenvalue weighted by Gasteiger charge is -2.03. The average Bonchev–Trinajstić information content (AvgIpc) is 2.95. The normalized spacial score (nSPS) is 28.4. The molecule has 78 valence electrons. The van der Waals surface area contributed by atoms with Crippen LogP contribution in [-0.4, -0.2) is 21.5 Å². The lowest BCUT2D eigenvalue weighted by molar-refractivity contribution is -0.526. The molecule has 2 atom stereocenters. The fourth-order valence-electron chi connectivity index (χ4n) is 1.85. The van der Waals surface area contributed by atoms with Crippen molar-refractivity contribution in [2.75, 3.05) is 0 Å². The van der Waals surface area contributed by atoms with Crippen molar-refractivity contribution in [2.45, 2.75) is 17.9 Å². The number of nitrogens with zero attached hydrogens (tertiary/aromatic N) is 1. The smallest absolute Gasteiger partial charge is 0.383 e. The fourth-order valence-corrected chi connectivity index (χ4v) is 1.85. The number of carboxylic acid groups (broad SMARTS) is 1. The molecule has 0 aromatic heterocycles. The van der Waals surface area contributed by atoms with Gasteiger partial charge in [-0.2, -0.15) is 0 Å². The zero-order valence-corrected chi connectivity index (χ0v) is 7.79. The molecule has 1 aliphatic carbocycles. The molecule has 1 aliphatic rings. The van der Waals surface area contributed by atoms with E-state index in [0.717, 1.165) is 5.56 Å². The Kier molecular flexibility index (Phi) is 1.96. The Bertz CT molecular complexity index is 401. The fraction of sp³-hybridized carbons (Fsp3) is 0.300. The van der Waals surface area contributed by atoms with Gasteiger partial charge in [0.05, 0.1) is 5.92 Å². The van der Waals surface area contributed by atoms with Crippen LogP contribution in [0.15, 0.2) is 30.3 Å². The Morgan fingerprint density at radius 2 is 2.07 bits per heavy atom. The third kappa shape index (κ3) is 1.27. The summed E-state index contributed by atoms with van der Waals surface area (Å²) in [6, 6.07) is 8.73. The Labute approximate surface area is 85.5 Å². The minimum Gasteiger partial charge on any atom is -0.476 e. The van der Waals surface area contributed by atoms with E-state index >= 15 is 0 Å². The van der Waals surface area contributed by atoms with Gasteiger partial charge in [0.25, 0.3) is 0 Å². The summed E-state index contributed by atoms with van der Waals surface area (Å²) >= 11 is 0. The average molecular weight is 207 g/mol. The van der Waals surface area contributed by atoms with Gasteiger partial charge in [0, 0.05) is 11.3 Å². The maximum Gasteiger partial charge on any atom is 0.383 e. The van der Waals surface area contributed by atoms with E-state index in [0.29, 0.717) is 0 Å². The number of hydrogen-bond acceptors (Lipinski definition) is 3. The maximum absolute atomic E-state index is 10.9. The number of carboxylic acids is 1. The Hall–Kier alpha value is -1.91. The largest absolute Gasteiger partial charge is 0.476 e. The molecule has 1 aromatic rings. The van der Waals surface area contributed by atoms with Gasteiger partial charge in [-0.25, -0.2) is 4.79 Å². The van der Waals surface area contributed by atoms with Crippen molar-refractivity contribution in [3.05, 3.63) is 46.0 Å². The number of nitro groups is 1. The molecule has 1 aromatic carbocycles. The zero-order valence-electron chi connectivity index (χ0n) is 7.79. The van der Waals surface area contributed by atoms with Crippen LogP contribution < -0.4 is 0 Å². The summed E-state index contributed by atoms with van der Waals surface area (Å²) in [5.74, 6) is -1.84. The first-order chi connectivity index (χ1) is 7.09. The minimum absolute atomic E-state index is 0.0827. The Balaban J connectivity index is 2.31. The second-order valence-electron chi connectivity index (χ2n) is 3.65. The quantitative estimate of drug-likeness (QED) is 0.597. The highest BCUT2D eigenvalue weighted by Gasteiger charge is 2.73. The molecule has 1 fully saturated rings. The zero-order chi connectivity index (χ0) is 11.1. The Morgan fingerprint density at radius 1 is 1.47 bits per heavy atom. The standard InChI is InChI=1S/C10H9NO4/c12-9(13)10(11(14)15)6-8(10)7-4-2-1-3-5-7/h1-5,8H,6H2,(H,12,13)/t8-,10+/m1/s1. The van der Waals surface area contributed by atoms with E-state index in [1.54, 1.807) is 30.3 Å². The number of aliphatic carboxylic acids is 1. The van der Waals surface area contributed by atoms with Crippen LogP contribution in [0.25, 0.3) is 0 Å². The van der Waals surface area contributed by atoms with Crippen molar-refractivity contribution < 1.29 is 14.8 Å². The molecular formula is C10H9NO4. The Morgan fingerprint density at radius 3 is 2.47 bits per heavy atom. The van der Waals surface area contributed by atoms with Gasteiger partial charge in [0.15, 0.2) is 0 Å². The highest BCUT2D eigenvalue weighted by atomic mass is 16.6. The number of rotatable bonds is 3. The van der Waals surface area contributed by atoms with Crippen LogP contribution in [0.3, 0.4) is 0 Å². The molecule has 15 heavy (non-hydrogen) atoms. The van der Waals surface area contributed by atoms with Crippen LogP contribution in [-0.2, 0) is 4.79 Å². The van der Waals surface area contributed by atoms with Crippen molar-refractivity contribution in [3.63, 3.8) is 0 Å². The molecule has 0 aliphatic heterocycles. The van der Waals surface area contributed by atoms with Gasteiger partial charge >= 0.3 is 11.5 Å². The van der Waals surface area contributed by atoms with Gasteiger partial charge in [0.1, 0.15) is 0 Å². The summed E-state index contributed by atoms with van der Waals surface area (Å²) in [5, 5.41) is 19.6. The van der Waals surface area contributed by atoms with E-state index in [1.807, 2.05) is 0 Å². The summed E-state index contributed by atoms with van der Waals surface area (Å²) in [6.45, 7) is 0. The van der Waals surface area contributed by atoms with Gasteiger partial charge < -0.3 is 5.11 Å². The molecular weight excluding hydrogens is 198 g/mol. The molecule has 0 unspecified atom stereocenters. The van der Waals surface area contributed by atoms with E-state index in [4.69, 9.17) is 5.11 Å². The van der Waals surface area contributed by atoms with Crippen LogP contribution in [0.4, 0.5) is 0 Å². The van der Waals surface area contributed by atoms with Gasteiger partial charge in [0.2, 0.25) is 0 Å². The van der Waals surface area contributed by atoms with Crippen LogP contribution in [0.1, 0.15) is 17.9 Å². The van der Waals surface area contributed by atoms with E-state index in [1.165, 1.54) is 0 Å². The molecule has 0 saturated heterocycles. The summed E-state index contributed by atoms with van der Waals surface area (Å²) in [7, 11) is 0. The summed E-state index contributed by atoms with van der Waals surface area (Å²) in [4.78, 5) is 20.9. The maximum atomic E-state index is 10.9. The van der Waals surface area contributed by atoms with Crippen LogP contribution in [0.5, 0.6) is 0 Å². The molecule has 0 amide bonds. The van der Waals surface area contributed by atoms with Crippen molar-refractivity contribution in [2.24, 2.45) is 0 Å². The second kappa shape index (κ2) is 3.05.